The molecular weight excluding hydrogens is 414 g/mol. The number of piperazine rings is 1. The Kier molecular flexibility index (Phi) is 7.11. The van der Waals surface area contributed by atoms with Crippen LogP contribution in [-0.2, 0) is 9.59 Å². The van der Waals surface area contributed by atoms with Crippen LogP contribution in [0.15, 0.2) is 41.8 Å². The monoisotopic (exact) mass is 435 g/mol. The maximum Gasteiger partial charge on any atom is 0.261 e. The molecule has 9 heteroatoms. The van der Waals surface area contributed by atoms with E-state index in [-0.39, 0.29) is 24.3 Å². The molecule has 1 saturated heterocycles. The number of rotatable bonds is 6. The number of nitrogens with one attached hydrogen (secondary N) is 1. The van der Waals surface area contributed by atoms with E-state index in [0.29, 0.717) is 41.8 Å². The molecule has 1 aromatic carbocycles. The van der Waals surface area contributed by atoms with Gasteiger partial charge in [0.2, 0.25) is 5.91 Å². The van der Waals surface area contributed by atoms with E-state index in [1.54, 1.807) is 53.1 Å². The van der Waals surface area contributed by atoms with E-state index in [4.69, 9.17) is 16.3 Å². The largest absolute Gasteiger partial charge is 0.484 e. The van der Waals surface area contributed by atoms with Crippen LogP contribution in [0.4, 0.5) is 0 Å². The number of nitrogens with zero attached hydrogens (tertiary/aromatic N) is 2. The van der Waals surface area contributed by atoms with Crippen LogP contribution in [0.5, 0.6) is 5.75 Å². The Morgan fingerprint density at radius 2 is 1.76 bits per heavy atom. The molecule has 29 heavy (non-hydrogen) atoms. The minimum absolute atomic E-state index is 0.0666. The standard InChI is InChI=1S/C20H22ClN3O4S/c1-14(22-19(26)17-3-2-12-29-17)20(27)24-10-8-23(9-11-24)18(25)13-28-16-6-4-15(21)5-7-16/h2-7,12,14H,8-11,13H2,1H3,(H,22,26)/t14-/m1/s1. The molecule has 1 N–H and O–H groups in total. The summed E-state index contributed by atoms with van der Waals surface area (Å²) >= 11 is 7.15. The van der Waals surface area contributed by atoms with Gasteiger partial charge in [0.25, 0.3) is 11.8 Å². The van der Waals surface area contributed by atoms with Crippen LogP contribution in [-0.4, -0.2) is 66.3 Å². The highest BCUT2D eigenvalue weighted by Gasteiger charge is 2.28. The van der Waals surface area contributed by atoms with Gasteiger partial charge >= 0.3 is 0 Å². The molecule has 2 heterocycles. The van der Waals surface area contributed by atoms with Crippen molar-refractivity contribution >= 4 is 40.7 Å². The van der Waals surface area contributed by atoms with Crippen molar-refractivity contribution in [2.75, 3.05) is 32.8 Å². The lowest BCUT2D eigenvalue weighted by molar-refractivity contribution is -0.141. The number of carbonyl (C=O) groups is 3. The van der Waals surface area contributed by atoms with E-state index in [2.05, 4.69) is 5.32 Å². The summed E-state index contributed by atoms with van der Waals surface area (Å²) in [4.78, 5) is 41.0. The van der Waals surface area contributed by atoms with Gasteiger partial charge in [-0.2, -0.15) is 0 Å². The molecule has 0 unspecified atom stereocenters. The summed E-state index contributed by atoms with van der Waals surface area (Å²) < 4.78 is 5.49. The first-order valence-corrected chi connectivity index (χ1v) is 10.5. The quantitative estimate of drug-likeness (QED) is 0.754. The Balaban J connectivity index is 1.42. The first kappa shape index (κ1) is 21.1. The van der Waals surface area contributed by atoms with Crippen LogP contribution in [0.1, 0.15) is 16.6 Å². The van der Waals surface area contributed by atoms with Crippen molar-refractivity contribution in [2.24, 2.45) is 0 Å². The fraction of sp³-hybridized carbons (Fsp3) is 0.350. The number of hydrogen-bond donors (Lipinski definition) is 1. The van der Waals surface area contributed by atoms with E-state index in [0.717, 1.165) is 0 Å². The number of benzene rings is 1. The molecule has 0 bridgehead atoms. The van der Waals surface area contributed by atoms with Gasteiger partial charge in [-0.3, -0.25) is 14.4 Å². The van der Waals surface area contributed by atoms with Gasteiger partial charge in [-0.1, -0.05) is 17.7 Å². The summed E-state index contributed by atoms with van der Waals surface area (Å²) in [6.07, 6.45) is 0. The van der Waals surface area contributed by atoms with Gasteiger partial charge in [-0.15, -0.1) is 11.3 Å². The molecule has 1 atom stereocenters. The van der Waals surface area contributed by atoms with Gasteiger partial charge in [0.15, 0.2) is 6.61 Å². The van der Waals surface area contributed by atoms with Gasteiger partial charge in [0, 0.05) is 31.2 Å². The number of amides is 3. The fourth-order valence-electron chi connectivity index (χ4n) is 2.95. The Labute approximate surface area is 178 Å². The first-order valence-electron chi connectivity index (χ1n) is 9.23. The molecule has 1 fully saturated rings. The van der Waals surface area contributed by atoms with Crippen molar-refractivity contribution in [3.63, 3.8) is 0 Å². The molecule has 0 spiro atoms. The summed E-state index contributed by atoms with van der Waals surface area (Å²) in [7, 11) is 0. The normalized spacial score (nSPS) is 15.0. The number of thiophene rings is 1. The summed E-state index contributed by atoms with van der Waals surface area (Å²) in [5, 5.41) is 5.14. The van der Waals surface area contributed by atoms with Crippen LogP contribution in [0.2, 0.25) is 5.02 Å². The van der Waals surface area contributed by atoms with Gasteiger partial charge in [-0.25, -0.2) is 0 Å². The van der Waals surface area contributed by atoms with Crippen LogP contribution in [0, 0.1) is 0 Å². The second-order valence-corrected chi connectivity index (χ2v) is 8.01. The summed E-state index contributed by atoms with van der Waals surface area (Å²) in [5.74, 6) is 0.0337. The molecule has 0 radical (unpaired) electrons. The number of ether oxygens (including phenoxy) is 1. The maximum atomic E-state index is 12.6. The third kappa shape index (κ3) is 5.71. The van der Waals surface area contributed by atoms with Crippen molar-refractivity contribution in [3.8, 4) is 5.75 Å². The summed E-state index contributed by atoms with van der Waals surface area (Å²) in [6, 6.07) is 9.69. The van der Waals surface area contributed by atoms with E-state index in [1.165, 1.54) is 11.3 Å². The van der Waals surface area contributed by atoms with Gasteiger partial charge in [0.1, 0.15) is 11.8 Å². The highest BCUT2D eigenvalue weighted by Crippen LogP contribution is 2.16. The van der Waals surface area contributed by atoms with Crippen molar-refractivity contribution in [1.29, 1.82) is 0 Å². The Hall–Kier alpha value is -2.58. The minimum Gasteiger partial charge on any atom is -0.484 e. The molecule has 7 nitrogen and oxygen atoms in total. The van der Waals surface area contributed by atoms with Crippen molar-refractivity contribution in [3.05, 3.63) is 51.7 Å². The topological polar surface area (TPSA) is 79.0 Å². The SMILES string of the molecule is C[C@@H](NC(=O)c1cccs1)C(=O)N1CCN(C(=O)COc2ccc(Cl)cc2)CC1. The molecule has 1 aliphatic rings. The Morgan fingerprint density at radius 1 is 1.10 bits per heavy atom. The Morgan fingerprint density at radius 3 is 2.38 bits per heavy atom. The lowest BCUT2D eigenvalue weighted by Crippen LogP contribution is -2.55. The third-order valence-corrected chi connectivity index (χ3v) is 5.70. The molecule has 3 rings (SSSR count). The van der Waals surface area contributed by atoms with Crippen molar-refractivity contribution in [2.45, 2.75) is 13.0 Å². The number of halogens is 1. The van der Waals surface area contributed by atoms with Gasteiger partial charge in [0.05, 0.1) is 4.88 Å². The zero-order valence-electron chi connectivity index (χ0n) is 16.0. The van der Waals surface area contributed by atoms with E-state index in [9.17, 15) is 14.4 Å². The highest BCUT2D eigenvalue weighted by atomic mass is 35.5. The molecule has 0 aliphatic carbocycles. The van der Waals surface area contributed by atoms with Crippen molar-refractivity contribution in [1.82, 2.24) is 15.1 Å². The van der Waals surface area contributed by atoms with Crippen LogP contribution in [0.25, 0.3) is 0 Å². The maximum absolute atomic E-state index is 12.6. The lowest BCUT2D eigenvalue weighted by Gasteiger charge is -2.36. The predicted molar refractivity (Wildman–Crippen MR) is 111 cm³/mol. The fourth-order valence-corrected chi connectivity index (χ4v) is 3.71. The van der Waals surface area contributed by atoms with Crippen LogP contribution < -0.4 is 10.1 Å². The summed E-state index contributed by atoms with van der Waals surface area (Å²) in [5.41, 5.74) is 0. The van der Waals surface area contributed by atoms with Crippen LogP contribution in [0.3, 0.4) is 0 Å². The zero-order valence-corrected chi connectivity index (χ0v) is 17.5. The average molecular weight is 436 g/mol. The molecular formula is C20H22ClN3O4S. The Bertz CT molecular complexity index is 849. The molecule has 1 aliphatic heterocycles. The minimum atomic E-state index is -0.625. The number of carbonyl (C=O) groups excluding carboxylic acids is 3. The molecule has 154 valence electrons. The van der Waals surface area contributed by atoms with Crippen molar-refractivity contribution < 1.29 is 19.1 Å². The highest BCUT2D eigenvalue weighted by molar-refractivity contribution is 7.12. The predicted octanol–water partition coefficient (Wildman–Crippen LogP) is 2.27. The zero-order chi connectivity index (χ0) is 20.8. The van der Waals surface area contributed by atoms with Gasteiger partial charge in [-0.05, 0) is 42.6 Å². The molecule has 3 amide bonds. The average Bonchev–Trinajstić information content (AvgIpc) is 3.28. The molecule has 1 aromatic heterocycles. The number of hydrogen-bond acceptors (Lipinski definition) is 5. The lowest BCUT2D eigenvalue weighted by atomic mass is 10.2. The van der Waals surface area contributed by atoms with E-state index < -0.39 is 6.04 Å². The van der Waals surface area contributed by atoms with E-state index in [1.807, 2.05) is 5.38 Å². The van der Waals surface area contributed by atoms with E-state index >= 15 is 0 Å². The van der Waals surface area contributed by atoms with Crippen LogP contribution >= 0.6 is 22.9 Å². The summed E-state index contributed by atoms with van der Waals surface area (Å²) in [6.45, 7) is 3.31. The first-order chi connectivity index (χ1) is 13.9. The third-order valence-electron chi connectivity index (χ3n) is 4.58. The van der Waals surface area contributed by atoms with Gasteiger partial charge < -0.3 is 19.9 Å². The molecule has 0 saturated carbocycles. The second-order valence-electron chi connectivity index (χ2n) is 6.62. The molecule has 2 aromatic rings. The smallest absolute Gasteiger partial charge is 0.261 e. The second kappa shape index (κ2) is 9.76.